The van der Waals surface area contributed by atoms with Crippen molar-refractivity contribution in [2.75, 3.05) is 0 Å². The Morgan fingerprint density at radius 2 is 0.942 bits per heavy atom. The zero-order valence-electron chi connectivity index (χ0n) is 27.7. The lowest BCUT2D eigenvalue weighted by molar-refractivity contribution is 0.669. The van der Waals surface area contributed by atoms with Crippen LogP contribution in [0, 0.1) is 0 Å². The standard InChI is InChI=1S/C47H27N3O2/c1-2-12-29(13-3-1)38-27-40-36-18-10-19-37(43(36)52-44(40)35-17-7-6-15-33(35)38)47-49-45(31-22-21-28-11-4-5-14-30(28)25-31)48-46(50-47)32-23-24-42-39(26-32)34-16-8-9-20-41(34)51-42/h1-27H. The fourth-order valence-corrected chi connectivity index (χ4v) is 7.60. The van der Waals surface area contributed by atoms with Gasteiger partial charge in [-0.3, -0.25) is 0 Å². The van der Waals surface area contributed by atoms with E-state index in [1.807, 2.05) is 42.5 Å². The summed E-state index contributed by atoms with van der Waals surface area (Å²) in [6.45, 7) is 0. The molecule has 0 aliphatic carbocycles. The van der Waals surface area contributed by atoms with Crippen molar-refractivity contribution < 1.29 is 8.83 Å². The summed E-state index contributed by atoms with van der Waals surface area (Å²) in [7, 11) is 0. The van der Waals surface area contributed by atoms with Gasteiger partial charge in [-0.25, -0.2) is 15.0 Å². The van der Waals surface area contributed by atoms with Gasteiger partial charge in [-0.15, -0.1) is 0 Å². The lowest BCUT2D eigenvalue weighted by atomic mass is 9.95. The Balaban J connectivity index is 1.17. The summed E-state index contributed by atoms with van der Waals surface area (Å²) in [5.74, 6) is 1.71. The Morgan fingerprint density at radius 1 is 0.308 bits per heavy atom. The lowest BCUT2D eigenvalue weighted by Crippen LogP contribution is -2.00. The van der Waals surface area contributed by atoms with Crippen LogP contribution in [0.25, 0.3) is 111 Å². The first-order valence-corrected chi connectivity index (χ1v) is 17.3. The molecule has 0 radical (unpaired) electrons. The molecule has 52 heavy (non-hydrogen) atoms. The third-order valence-corrected chi connectivity index (χ3v) is 10.1. The van der Waals surface area contributed by atoms with Gasteiger partial charge >= 0.3 is 0 Å². The first kappa shape index (κ1) is 28.7. The predicted octanol–water partition coefficient (Wildman–Crippen LogP) is 12.6. The molecule has 3 aromatic heterocycles. The summed E-state index contributed by atoms with van der Waals surface area (Å²) < 4.78 is 13.0. The van der Waals surface area contributed by atoms with Crippen molar-refractivity contribution in [3.05, 3.63) is 164 Å². The molecule has 0 N–H and O–H groups in total. The van der Waals surface area contributed by atoms with Crippen LogP contribution < -0.4 is 0 Å². The van der Waals surface area contributed by atoms with Gasteiger partial charge in [0.1, 0.15) is 22.3 Å². The van der Waals surface area contributed by atoms with Crippen LogP contribution in [-0.4, -0.2) is 15.0 Å². The molecule has 3 heterocycles. The van der Waals surface area contributed by atoms with Crippen LogP contribution in [0.15, 0.2) is 173 Å². The van der Waals surface area contributed by atoms with E-state index in [1.54, 1.807) is 0 Å². The van der Waals surface area contributed by atoms with Gasteiger partial charge in [0.25, 0.3) is 0 Å². The topological polar surface area (TPSA) is 65.0 Å². The van der Waals surface area contributed by atoms with Crippen molar-refractivity contribution in [1.29, 1.82) is 0 Å². The van der Waals surface area contributed by atoms with E-state index in [0.29, 0.717) is 17.5 Å². The molecular weight excluding hydrogens is 639 g/mol. The summed E-state index contributed by atoms with van der Waals surface area (Å²) in [4.78, 5) is 15.4. The minimum atomic E-state index is 0.544. The van der Waals surface area contributed by atoms with Gasteiger partial charge in [0.15, 0.2) is 17.5 Å². The van der Waals surface area contributed by atoms with E-state index in [9.17, 15) is 0 Å². The summed E-state index contributed by atoms with van der Waals surface area (Å²) >= 11 is 0. The first-order chi connectivity index (χ1) is 25.7. The van der Waals surface area contributed by atoms with Crippen LogP contribution in [0.1, 0.15) is 0 Å². The molecule has 242 valence electrons. The number of fused-ring (bicyclic) bond motifs is 9. The number of furan rings is 2. The zero-order valence-corrected chi connectivity index (χ0v) is 27.7. The van der Waals surface area contributed by atoms with Crippen molar-refractivity contribution in [1.82, 2.24) is 15.0 Å². The quantitative estimate of drug-likeness (QED) is 0.187. The smallest absolute Gasteiger partial charge is 0.167 e. The van der Waals surface area contributed by atoms with E-state index in [1.165, 1.54) is 5.56 Å². The number of para-hydroxylation sites is 2. The Morgan fingerprint density at radius 3 is 1.81 bits per heavy atom. The van der Waals surface area contributed by atoms with Crippen LogP contribution in [-0.2, 0) is 0 Å². The molecule has 11 aromatic rings. The maximum absolute atomic E-state index is 6.87. The maximum atomic E-state index is 6.87. The molecule has 0 saturated carbocycles. The highest BCUT2D eigenvalue weighted by Crippen LogP contribution is 2.42. The van der Waals surface area contributed by atoms with Gasteiger partial charge < -0.3 is 8.83 Å². The molecule has 11 rings (SSSR count). The van der Waals surface area contributed by atoms with Crippen LogP contribution >= 0.6 is 0 Å². The number of nitrogens with zero attached hydrogens (tertiary/aromatic N) is 3. The van der Waals surface area contributed by atoms with Gasteiger partial charge in [0, 0.05) is 38.1 Å². The van der Waals surface area contributed by atoms with E-state index in [-0.39, 0.29) is 0 Å². The van der Waals surface area contributed by atoms with Gasteiger partial charge in [-0.2, -0.15) is 0 Å². The molecule has 5 heteroatoms. The second kappa shape index (κ2) is 11.2. The third-order valence-electron chi connectivity index (χ3n) is 10.1. The van der Waals surface area contributed by atoms with Crippen molar-refractivity contribution in [2.45, 2.75) is 0 Å². The maximum Gasteiger partial charge on any atom is 0.167 e. The number of rotatable bonds is 4. The van der Waals surface area contributed by atoms with E-state index in [2.05, 4.69) is 121 Å². The van der Waals surface area contributed by atoms with Crippen LogP contribution in [0.4, 0.5) is 0 Å². The van der Waals surface area contributed by atoms with Crippen molar-refractivity contribution in [3.8, 4) is 45.3 Å². The van der Waals surface area contributed by atoms with Gasteiger partial charge in [-0.1, -0.05) is 121 Å². The van der Waals surface area contributed by atoms with E-state index < -0.39 is 0 Å². The highest BCUT2D eigenvalue weighted by Gasteiger charge is 2.21. The Bertz CT molecular complexity index is 3190. The largest absolute Gasteiger partial charge is 0.456 e. The van der Waals surface area contributed by atoms with Crippen LogP contribution in [0.3, 0.4) is 0 Å². The molecule has 0 atom stereocenters. The van der Waals surface area contributed by atoms with E-state index in [0.717, 1.165) is 87.7 Å². The second-order valence-corrected chi connectivity index (χ2v) is 13.2. The van der Waals surface area contributed by atoms with Crippen molar-refractivity contribution in [3.63, 3.8) is 0 Å². The fraction of sp³-hybridized carbons (Fsp3) is 0. The lowest BCUT2D eigenvalue weighted by Gasteiger charge is -2.09. The molecule has 0 fully saturated rings. The highest BCUT2D eigenvalue weighted by molar-refractivity contribution is 6.20. The number of benzene rings is 8. The molecule has 8 aromatic carbocycles. The molecule has 5 nitrogen and oxygen atoms in total. The second-order valence-electron chi connectivity index (χ2n) is 13.2. The zero-order chi connectivity index (χ0) is 34.2. The minimum absolute atomic E-state index is 0.544. The van der Waals surface area contributed by atoms with Gasteiger partial charge in [0.2, 0.25) is 0 Å². The molecule has 0 bridgehead atoms. The fourth-order valence-electron chi connectivity index (χ4n) is 7.60. The van der Waals surface area contributed by atoms with Gasteiger partial charge in [-0.05, 0) is 69.8 Å². The molecule has 0 amide bonds. The molecule has 0 aliphatic rings. The Kier molecular flexibility index (Phi) is 6.18. The Hall–Kier alpha value is -7.11. The summed E-state index contributed by atoms with van der Waals surface area (Å²) in [5.41, 5.74) is 8.18. The number of hydrogen-bond donors (Lipinski definition) is 0. The first-order valence-electron chi connectivity index (χ1n) is 17.3. The molecule has 0 spiro atoms. The predicted molar refractivity (Wildman–Crippen MR) is 211 cm³/mol. The molecule has 0 saturated heterocycles. The van der Waals surface area contributed by atoms with E-state index >= 15 is 0 Å². The molecule has 0 aliphatic heterocycles. The summed E-state index contributed by atoms with van der Waals surface area (Å²) in [6, 6.07) is 56.4. The highest BCUT2D eigenvalue weighted by atomic mass is 16.3. The Labute approximate surface area is 297 Å². The normalized spacial score (nSPS) is 11.8. The van der Waals surface area contributed by atoms with Crippen molar-refractivity contribution >= 4 is 65.4 Å². The minimum Gasteiger partial charge on any atom is -0.456 e. The molecule has 0 unspecified atom stereocenters. The number of hydrogen-bond acceptors (Lipinski definition) is 5. The SMILES string of the molecule is c1ccc(-c2cc3c4cccc(-c5nc(-c6ccc7ccccc7c6)nc(-c6ccc7oc8ccccc8c7c6)n5)c4oc3c3ccccc23)cc1. The summed E-state index contributed by atoms with van der Waals surface area (Å²) in [5, 5.41) is 8.62. The third kappa shape index (κ3) is 4.46. The summed E-state index contributed by atoms with van der Waals surface area (Å²) in [6.07, 6.45) is 0. The van der Waals surface area contributed by atoms with Crippen LogP contribution in [0.5, 0.6) is 0 Å². The van der Waals surface area contributed by atoms with Crippen LogP contribution in [0.2, 0.25) is 0 Å². The number of aromatic nitrogens is 3. The molecular formula is C47H27N3O2. The average molecular weight is 666 g/mol. The van der Waals surface area contributed by atoms with E-state index in [4.69, 9.17) is 23.8 Å². The average Bonchev–Trinajstić information content (AvgIpc) is 3.79. The monoisotopic (exact) mass is 665 g/mol. The van der Waals surface area contributed by atoms with Crippen molar-refractivity contribution in [2.24, 2.45) is 0 Å². The van der Waals surface area contributed by atoms with Gasteiger partial charge in [0.05, 0.1) is 5.56 Å².